The maximum atomic E-state index is 12.3. The maximum Gasteiger partial charge on any atom is 0.303 e. The third-order valence-electron chi connectivity index (χ3n) is 4.89. The van der Waals surface area contributed by atoms with Crippen LogP contribution in [0.5, 0.6) is 0 Å². The summed E-state index contributed by atoms with van der Waals surface area (Å²) in [6, 6.07) is 7.54. The Balaban J connectivity index is 1.93. The lowest BCUT2D eigenvalue weighted by Crippen LogP contribution is -2.38. The van der Waals surface area contributed by atoms with Crippen LogP contribution < -0.4 is 4.90 Å². The van der Waals surface area contributed by atoms with Crippen LogP contribution in [-0.4, -0.2) is 53.4 Å². The van der Waals surface area contributed by atoms with Gasteiger partial charge in [-0.3, -0.25) is 9.59 Å². The van der Waals surface area contributed by atoms with Crippen molar-refractivity contribution in [2.45, 2.75) is 50.3 Å². The quantitative estimate of drug-likeness (QED) is 0.748. The second kappa shape index (κ2) is 8.24. The molecule has 2 aliphatic rings. The predicted octanol–water partition coefficient (Wildman–Crippen LogP) is 2.67. The number of anilines is 1. The number of carboxylic acid groups (broad SMARTS) is 1. The van der Waals surface area contributed by atoms with Crippen LogP contribution in [0.25, 0.3) is 0 Å². The highest BCUT2D eigenvalue weighted by molar-refractivity contribution is 8.16. The lowest BCUT2D eigenvalue weighted by atomic mass is 9.99. The van der Waals surface area contributed by atoms with Gasteiger partial charge in [0, 0.05) is 23.8 Å². The Morgan fingerprint density at radius 2 is 1.96 bits per heavy atom. The van der Waals surface area contributed by atoms with Crippen LogP contribution in [0.1, 0.15) is 44.6 Å². The fourth-order valence-electron chi connectivity index (χ4n) is 3.59. The summed E-state index contributed by atoms with van der Waals surface area (Å²) in [6.45, 7) is 4.14. The van der Waals surface area contributed by atoms with Crippen molar-refractivity contribution in [1.29, 1.82) is 0 Å². The largest absolute Gasteiger partial charge is 0.481 e. The van der Waals surface area contributed by atoms with Gasteiger partial charge in [-0.05, 0) is 24.0 Å². The SMILES string of the molecule is CC(C)c1ccccc1N1C(=NC(=O)CCCC(=O)O)SC2CS(=O)(=O)CC21. The van der Waals surface area contributed by atoms with Gasteiger partial charge in [0.2, 0.25) is 5.91 Å². The predicted molar refractivity (Wildman–Crippen MR) is 111 cm³/mol. The fourth-order valence-corrected chi connectivity index (χ4v) is 7.52. The molecule has 1 amide bonds. The van der Waals surface area contributed by atoms with Gasteiger partial charge in [-0.1, -0.05) is 43.8 Å². The van der Waals surface area contributed by atoms with E-state index in [1.165, 1.54) is 11.8 Å². The maximum absolute atomic E-state index is 12.3. The van der Waals surface area contributed by atoms with Crippen LogP contribution in [0.2, 0.25) is 0 Å². The number of aliphatic imine (C=N–C) groups is 1. The Morgan fingerprint density at radius 1 is 1.25 bits per heavy atom. The molecule has 152 valence electrons. The van der Waals surface area contributed by atoms with Gasteiger partial charge in [0.25, 0.3) is 0 Å². The molecule has 0 radical (unpaired) electrons. The zero-order chi connectivity index (χ0) is 20.5. The van der Waals surface area contributed by atoms with E-state index < -0.39 is 15.8 Å². The zero-order valence-electron chi connectivity index (χ0n) is 15.9. The molecule has 0 aromatic heterocycles. The molecule has 0 spiro atoms. The van der Waals surface area contributed by atoms with Crippen molar-refractivity contribution in [1.82, 2.24) is 0 Å². The van der Waals surface area contributed by atoms with Crippen molar-refractivity contribution >= 4 is 44.3 Å². The van der Waals surface area contributed by atoms with Crippen LogP contribution >= 0.6 is 11.8 Å². The molecule has 2 aliphatic heterocycles. The van der Waals surface area contributed by atoms with E-state index >= 15 is 0 Å². The van der Waals surface area contributed by atoms with Gasteiger partial charge in [-0.25, -0.2) is 8.42 Å². The number of amidine groups is 1. The Bertz CT molecular complexity index is 911. The highest BCUT2D eigenvalue weighted by Crippen LogP contribution is 2.43. The van der Waals surface area contributed by atoms with Crippen LogP contribution in [-0.2, 0) is 19.4 Å². The number of sulfone groups is 1. The average Bonchev–Trinajstić information content (AvgIpc) is 3.05. The van der Waals surface area contributed by atoms with E-state index in [-0.39, 0.29) is 53.9 Å². The number of benzene rings is 1. The van der Waals surface area contributed by atoms with Crippen LogP contribution in [0, 0.1) is 0 Å². The first kappa shape index (κ1) is 20.9. The molecule has 0 saturated carbocycles. The van der Waals surface area contributed by atoms with E-state index in [9.17, 15) is 18.0 Å². The minimum absolute atomic E-state index is 0.0450. The monoisotopic (exact) mass is 424 g/mol. The smallest absolute Gasteiger partial charge is 0.303 e. The molecule has 2 fully saturated rings. The van der Waals surface area contributed by atoms with E-state index in [4.69, 9.17) is 5.11 Å². The molecule has 1 aromatic rings. The van der Waals surface area contributed by atoms with Gasteiger partial charge in [-0.2, -0.15) is 4.99 Å². The number of amides is 1. The van der Waals surface area contributed by atoms with Crippen LogP contribution in [0.3, 0.4) is 0 Å². The minimum atomic E-state index is -3.12. The normalized spacial score (nSPS) is 24.7. The fraction of sp³-hybridized carbons (Fsp3) is 0.526. The van der Waals surface area contributed by atoms with Gasteiger partial charge in [0.15, 0.2) is 15.0 Å². The van der Waals surface area contributed by atoms with E-state index in [1.54, 1.807) is 0 Å². The van der Waals surface area contributed by atoms with Crippen LogP contribution in [0.15, 0.2) is 29.3 Å². The zero-order valence-corrected chi connectivity index (χ0v) is 17.5. The molecule has 1 aromatic carbocycles. The first-order chi connectivity index (χ1) is 13.2. The molecule has 28 heavy (non-hydrogen) atoms. The van der Waals surface area contributed by atoms with Crippen molar-refractivity contribution in [3.63, 3.8) is 0 Å². The molecule has 2 heterocycles. The summed E-state index contributed by atoms with van der Waals surface area (Å²) in [6.07, 6.45) is 0.218. The van der Waals surface area contributed by atoms with E-state index in [2.05, 4.69) is 18.8 Å². The third-order valence-corrected chi connectivity index (χ3v) is 8.10. The molecule has 7 nitrogen and oxygen atoms in total. The summed E-state index contributed by atoms with van der Waals surface area (Å²) in [5.41, 5.74) is 1.95. The van der Waals surface area contributed by atoms with Crippen molar-refractivity contribution < 1.29 is 23.1 Å². The van der Waals surface area contributed by atoms with Gasteiger partial charge < -0.3 is 10.0 Å². The molecular weight excluding hydrogens is 400 g/mol. The van der Waals surface area contributed by atoms with Gasteiger partial charge in [0.05, 0.1) is 17.5 Å². The van der Waals surface area contributed by atoms with Crippen molar-refractivity contribution in [2.24, 2.45) is 4.99 Å². The minimum Gasteiger partial charge on any atom is -0.481 e. The number of nitrogens with zero attached hydrogens (tertiary/aromatic N) is 2. The number of thioether (sulfide) groups is 1. The number of rotatable bonds is 6. The number of carbonyl (C=O) groups is 2. The summed E-state index contributed by atoms with van der Waals surface area (Å²) < 4.78 is 24.3. The molecule has 1 N–H and O–H groups in total. The molecule has 2 unspecified atom stereocenters. The number of carbonyl (C=O) groups excluding carboxylic acids is 1. The number of hydrogen-bond donors (Lipinski definition) is 1. The Hall–Kier alpha value is -1.87. The first-order valence-electron chi connectivity index (χ1n) is 9.26. The second-order valence-electron chi connectivity index (χ2n) is 7.42. The third kappa shape index (κ3) is 4.57. The lowest BCUT2D eigenvalue weighted by molar-refractivity contribution is -0.137. The summed E-state index contributed by atoms with van der Waals surface area (Å²) in [4.78, 5) is 29.1. The number of aliphatic carboxylic acids is 1. The lowest BCUT2D eigenvalue weighted by Gasteiger charge is -2.28. The molecule has 0 bridgehead atoms. The number of para-hydroxylation sites is 1. The Morgan fingerprint density at radius 3 is 2.64 bits per heavy atom. The van der Waals surface area contributed by atoms with Gasteiger partial charge >= 0.3 is 5.97 Å². The van der Waals surface area contributed by atoms with Crippen molar-refractivity contribution in [2.75, 3.05) is 16.4 Å². The summed E-state index contributed by atoms with van der Waals surface area (Å²) in [5.74, 6) is -0.967. The second-order valence-corrected chi connectivity index (χ2v) is 10.8. The summed E-state index contributed by atoms with van der Waals surface area (Å²) in [5, 5.41) is 9.08. The highest BCUT2D eigenvalue weighted by Gasteiger charge is 2.49. The van der Waals surface area contributed by atoms with E-state index in [0.29, 0.717) is 5.17 Å². The van der Waals surface area contributed by atoms with E-state index in [0.717, 1.165) is 11.3 Å². The van der Waals surface area contributed by atoms with Crippen LogP contribution in [0.4, 0.5) is 5.69 Å². The molecule has 2 saturated heterocycles. The Labute approximate surface area is 169 Å². The standard InChI is InChI=1S/C19H24N2O5S2/c1-12(2)13-6-3-4-7-14(13)21-15-10-28(25,26)11-16(15)27-19(21)20-17(22)8-5-9-18(23)24/h3-4,6-7,12,15-16H,5,8-11H2,1-2H3,(H,23,24). The molecule has 3 rings (SSSR count). The highest BCUT2D eigenvalue weighted by atomic mass is 32.2. The number of carboxylic acids is 1. The van der Waals surface area contributed by atoms with Gasteiger partial charge in [-0.15, -0.1) is 0 Å². The first-order valence-corrected chi connectivity index (χ1v) is 12.0. The van der Waals surface area contributed by atoms with Crippen molar-refractivity contribution in [3.8, 4) is 0 Å². The summed E-state index contributed by atoms with van der Waals surface area (Å²) >= 11 is 1.33. The average molecular weight is 425 g/mol. The summed E-state index contributed by atoms with van der Waals surface area (Å²) in [7, 11) is -3.12. The topological polar surface area (TPSA) is 104 Å². The van der Waals surface area contributed by atoms with Gasteiger partial charge in [0.1, 0.15) is 0 Å². The number of hydrogen-bond acceptors (Lipinski definition) is 5. The molecule has 0 aliphatic carbocycles. The molecular formula is C19H24N2O5S2. The Kier molecular flexibility index (Phi) is 6.14. The van der Waals surface area contributed by atoms with E-state index in [1.807, 2.05) is 29.2 Å². The number of fused-ring (bicyclic) bond motifs is 1. The molecule has 2 atom stereocenters. The molecule has 9 heteroatoms. The van der Waals surface area contributed by atoms with Crippen molar-refractivity contribution in [3.05, 3.63) is 29.8 Å².